The van der Waals surface area contributed by atoms with E-state index in [1.165, 1.54) is 0 Å². The van der Waals surface area contributed by atoms with E-state index in [2.05, 4.69) is 15.3 Å². The van der Waals surface area contributed by atoms with Gasteiger partial charge in [-0.2, -0.15) is 10.2 Å². The zero-order chi connectivity index (χ0) is 17.2. The zero-order valence-electron chi connectivity index (χ0n) is 13.6. The van der Waals surface area contributed by atoms with Gasteiger partial charge in [-0.15, -0.1) is 5.10 Å². The second kappa shape index (κ2) is 6.16. The molecule has 122 valence electrons. The Balaban J connectivity index is 1.58. The normalized spacial score (nSPS) is 15.3. The van der Waals surface area contributed by atoms with Crippen LogP contribution >= 0.6 is 0 Å². The molecule has 3 aromatic rings. The van der Waals surface area contributed by atoms with Crippen LogP contribution in [0.3, 0.4) is 0 Å². The van der Waals surface area contributed by atoms with Crippen molar-refractivity contribution in [3.63, 3.8) is 0 Å². The molecular formula is C19H15N5O. The van der Waals surface area contributed by atoms with Gasteiger partial charge in [0.05, 0.1) is 23.8 Å². The summed E-state index contributed by atoms with van der Waals surface area (Å²) in [5.74, 6) is -0.154. The minimum atomic E-state index is -0.154. The van der Waals surface area contributed by atoms with Gasteiger partial charge >= 0.3 is 0 Å². The van der Waals surface area contributed by atoms with Crippen LogP contribution in [0.1, 0.15) is 11.1 Å². The fourth-order valence-corrected chi connectivity index (χ4v) is 2.73. The number of benzene rings is 2. The van der Waals surface area contributed by atoms with Gasteiger partial charge in [0.1, 0.15) is 0 Å². The van der Waals surface area contributed by atoms with E-state index in [1.807, 2.05) is 60.8 Å². The molecule has 0 spiro atoms. The largest absolute Gasteiger partial charge is 0.309 e. The number of rotatable bonds is 3. The topological polar surface area (TPSA) is 62.9 Å². The second-order valence-corrected chi connectivity index (χ2v) is 5.63. The average Bonchev–Trinajstić information content (AvgIpc) is 3.22. The summed E-state index contributed by atoms with van der Waals surface area (Å²) in [4.78, 5) is 13.9. The van der Waals surface area contributed by atoms with Crippen molar-refractivity contribution in [3.05, 3.63) is 78.1 Å². The summed E-state index contributed by atoms with van der Waals surface area (Å²) in [5, 5.41) is 12.5. The Morgan fingerprint density at radius 3 is 2.64 bits per heavy atom. The molecule has 1 aromatic heterocycles. The van der Waals surface area contributed by atoms with Crippen molar-refractivity contribution in [3.8, 4) is 5.69 Å². The maximum absolute atomic E-state index is 12.3. The van der Waals surface area contributed by atoms with Gasteiger partial charge in [-0.1, -0.05) is 36.4 Å². The zero-order valence-corrected chi connectivity index (χ0v) is 13.6. The van der Waals surface area contributed by atoms with Crippen LogP contribution in [0.25, 0.3) is 5.69 Å². The number of hydrogen-bond acceptors (Lipinski definition) is 4. The molecule has 0 saturated heterocycles. The number of anilines is 1. The van der Waals surface area contributed by atoms with E-state index in [-0.39, 0.29) is 5.91 Å². The fraction of sp³-hybridized carbons (Fsp3) is 0.0526. The van der Waals surface area contributed by atoms with Gasteiger partial charge in [0.15, 0.2) is 5.71 Å². The first-order chi connectivity index (χ1) is 12.2. The molecule has 0 fully saturated rings. The summed E-state index contributed by atoms with van der Waals surface area (Å²) >= 11 is 0. The number of carbonyl (C=O) groups excluding carboxylic acids is 1. The highest BCUT2D eigenvalue weighted by Gasteiger charge is 2.30. The van der Waals surface area contributed by atoms with Crippen molar-refractivity contribution in [2.45, 2.75) is 0 Å². The molecule has 2 heterocycles. The monoisotopic (exact) mass is 329 g/mol. The number of carbonyl (C=O) groups is 1. The first-order valence-corrected chi connectivity index (χ1v) is 7.82. The third-order valence-corrected chi connectivity index (χ3v) is 4.02. The first-order valence-electron chi connectivity index (χ1n) is 7.82. The number of hydrogen-bond donors (Lipinski definition) is 0. The van der Waals surface area contributed by atoms with Crippen molar-refractivity contribution in [1.29, 1.82) is 0 Å². The Morgan fingerprint density at radius 1 is 1.04 bits per heavy atom. The van der Waals surface area contributed by atoms with Crippen LogP contribution < -0.4 is 4.90 Å². The molecule has 6 nitrogen and oxygen atoms in total. The van der Waals surface area contributed by atoms with Crippen LogP contribution in [-0.2, 0) is 4.79 Å². The highest BCUT2D eigenvalue weighted by molar-refractivity contribution is 6.54. The summed E-state index contributed by atoms with van der Waals surface area (Å²) in [7, 11) is 1.73. The minimum absolute atomic E-state index is 0.154. The lowest BCUT2D eigenvalue weighted by Crippen LogP contribution is -2.25. The number of para-hydroxylation sites is 2. The molecule has 4 rings (SSSR count). The standard InChI is InChI=1S/C19H15N5O/c1-23-17-10-6-5-9-16(17)18(19(23)25)22-20-11-14-12-21-24(13-14)15-7-3-2-4-8-15/h2-13H,1H3/b20-11-,22-18+. The molecule has 0 atom stereocenters. The molecule has 0 bridgehead atoms. The third-order valence-electron chi connectivity index (χ3n) is 4.02. The average molecular weight is 329 g/mol. The molecule has 1 aliphatic heterocycles. The molecule has 0 radical (unpaired) electrons. The second-order valence-electron chi connectivity index (χ2n) is 5.63. The molecule has 2 aromatic carbocycles. The van der Waals surface area contributed by atoms with E-state index < -0.39 is 0 Å². The number of aromatic nitrogens is 2. The Morgan fingerprint density at radius 2 is 1.80 bits per heavy atom. The fourth-order valence-electron chi connectivity index (χ4n) is 2.73. The number of amides is 1. The highest BCUT2D eigenvalue weighted by Crippen LogP contribution is 2.27. The van der Waals surface area contributed by atoms with Gasteiger partial charge in [-0.3, -0.25) is 4.79 Å². The Labute approximate surface area is 144 Å². The summed E-state index contributed by atoms with van der Waals surface area (Å²) in [5.41, 5.74) is 3.77. The van der Waals surface area contributed by atoms with E-state index in [1.54, 1.807) is 29.0 Å². The smallest absolute Gasteiger partial charge is 0.279 e. The minimum Gasteiger partial charge on any atom is -0.309 e. The van der Waals surface area contributed by atoms with Crippen LogP contribution in [-0.4, -0.2) is 34.7 Å². The SMILES string of the molecule is CN1C(=O)/C(=N/N=C\c2cnn(-c3ccccc3)c2)c2ccccc21. The molecule has 1 aliphatic rings. The van der Waals surface area contributed by atoms with E-state index in [0.717, 1.165) is 22.5 Å². The van der Waals surface area contributed by atoms with E-state index in [9.17, 15) is 4.79 Å². The van der Waals surface area contributed by atoms with Gasteiger partial charge in [-0.25, -0.2) is 4.68 Å². The molecule has 0 aliphatic carbocycles. The maximum Gasteiger partial charge on any atom is 0.279 e. The maximum atomic E-state index is 12.3. The molecule has 1 amide bonds. The first kappa shape index (κ1) is 15.0. The number of nitrogens with zero attached hydrogens (tertiary/aromatic N) is 5. The lowest BCUT2D eigenvalue weighted by Gasteiger charge is -2.07. The summed E-state index contributed by atoms with van der Waals surface area (Å²) in [6, 6.07) is 17.4. The predicted octanol–water partition coefficient (Wildman–Crippen LogP) is 2.67. The lowest BCUT2D eigenvalue weighted by molar-refractivity contribution is -0.111. The van der Waals surface area contributed by atoms with Crippen molar-refractivity contribution >= 4 is 23.5 Å². The van der Waals surface area contributed by atoms with Crippen LogP contribution in [0, 0.1) is 0 Å². The van der Waals surface area contributed by atoms with Crippen LogP contribution in [0.2, 0.25) is 0 Å². The van der Waals surface area contributed by atoms with Gasteiger partial charge in [0, 0.05) is 24.4 Å². The molecular weight excluding hydrogens is 314 g/mol. The highest BCUT2D eigenvalue weighted by atomic mass is 16.2. The Hall–Kier alpha value is -3.54. The van der Waals surface area contributed by atoms with Crippen LogP contribution in [0.4, 0.5) is 5.69 Å². The third kappa shape index (κ3) is 2.74. The lowest BCUT2D eigenvalue weighted by atomic mass is 10.1. The molecule has 25 heavy (non-hydrogen) atoms. The quantitative estimate of drug-likeness (QED) is 0.548. The predicted molar refractivity (Wildman–Crippen MR) is 97.5 cm³/mol. The Kier molecular flexibility index (Phi) is 3.70. The Bertz CT molecular complexity index is 988. The summed E-state index contributed by atoms with van der Waals surface area (Å²) in [6.45, 7) is 0. The van der Waals surface area contributed by atoms with Crippen molar-refractivity contribution in [1.82, 2.24) is 9.78 Å². The van der Waals surface area contributed by atoms with Gasteiger partial charge < -0.3 is 4.90 Å². The molecule has 6 heteroatoms. The van der Waals surface area contributed by atoms with Gasteiger partial charge in [-0.05, 0) is 18.2 Å². The molecule has 0 N–H and O–H groups in total. The van der Waals surface area contributed by atoms with Gasteiger partial charge in [0.25, 0.3) is 5.91 Å². The number of likely N-dealkylation sites (N-methyl/N-ethyl adjacent to an activating group) is 1. The summed E-state index contributed by atoms with van der Waals surface area (Å²) in [6.07, 6.45) is 5.15. The van der Waals surface area contributed by atoms with E-state index in [0.29, 0.717) is 5.71 Å². The van der Waals surface area contributed by atoms with Crippen LogP contribution in [0.5, 0.6) is 0 Å². The summed E-state index contributed by atoms with van der Waals surface area (Å²) < 4.78 is 1.76. The molecule has 0 saturated carbocycles. The number of fused-ring (bicyclic) bond motifs is 1. The van der Waals surface area contributed by atoms with Crippen molar-refractivity contribution in [2.75, 3.05) is 11.9 Å². The van der Waals surface area contributed by atoms with E-state index >= 15 is 0 Å². The van der Waals surface area contributed by atoms with Crippen molar-refractivity contribution < 1.29 is 4.79 Å². The molecule has 0 unspecified atom stereocenters. The van der Waals surface area contributed by atoms with E-state index in [4.69, 9.17) is 0 Å². The van der Waals surface area contributed by atoms with Crippen LogP contribution in [0.15, 0.2) is 77.2 Å². The van der Waals surface area contributed by atoms with Crippen molar-refractivity contribution in [2.24, 2.45) is 10.2 Å². The van der Waals surface area contributed by atoms with Gasteiger partial charge in [0.2, 0.25) is 0 Å².